The Morgan fingerprint density at radius 1 is 1.07 bits per heavy atom. The third-order valence-electron chi connectivity index (χ3n) is 4.70. The zero-order chi connectivity index (χ0) is 22.0. The summed E-state index contributed by atoms with van der Waals surface area (Å²) in [7, 11) is 1.55. The lowest BCUT2D eigenvalue weighted by Gasteiger charge is -2.17. The zero-order valence-corrected chi connectivity index (χ0v) is 18.4. The van der Waals surface area contributed by atoms with E-state index >= 15 is 0 Å². The average molecular weight is 426 g/mol. The van der Waals surface area contributed by atoms with Gasteiger partial charge in [0.1, 0.15) is 5.82 Å². The summed E-state index contributed by atoms with van der Waals surface area (Å²) in [4.78, 5) is 30.8. The van der Waals surface area contributed by atoms with Crippen LogP contribution in [0, 0.1) is 27.7 Å². The molecule has 3 aromatic rings. The van der Waals surface area contributed by atoms with Crippen molar-refractivity contribution in [1.29, 1.82) is 0 Å². The summed E-state index contributed by atoms with van der Waals surface area (Å²) in [5.74, 6) is -0.127. The number of nitrogens with zero attached hydrogens (tertiary/aromatic N) is 4. The Kier molecular flexibility index (Phi) is 6.22. The van der Waals surface area contributed by atoms with Gasteiger partial charge in [-0.25, -0.2) is 9.67 Å². The van der Waals surface area contributed by atoms with Crippen LogP contribution in [-0.2, 0) is 4.79 Å². The molecule has 1 heterocycles. The number of likely N-dealkylation sites (N-methyl/N-ethyl adjacent to an activating group) is 1. The second-order valence-electron chi connectivity index (χ2n) is 7.35. The summed E-state index contributed by atoms with van der Waals surface area (Å²) in [5, 5.41) is 7.81. The maximum atomic E-state index is 12.7. The fraction of sp³-hybridized carbons (Fsp3) is 0.273. The van der Waals surface area contributed by atoms with E-state index in [1.807, 2.05) is 32.9 Å². The SMILES string of the molecule is Cc1cc(C)c(NC(=O)CN(C)C(=O)c2nc(C)n(-c3ccc(Cl)cc3)n2)c(C)c1. The van der Waals surface area contributed by atoms with Gasteiger partial charge in [-0.1, -0.05) is 29.3 Å². The number of aromatic nitrogens is 3. The number of aryl methyl sites for hydroxylation is 4. The molecule has 156 valence electrons. The van der Waals surface area contributed by atoms with E-state index in [4.69, 9.17) is 11.6 Å². The highest BCUT2D eigenvalue weighted by Crippen LogP contribution is 2.22. The molecule has 30 heavy (non-hydrogen) atoms. The van der Waals surface area contributed by atoms with Crippen molar-refractivity contribution in [3.63, 3.8) is 0 Å². The Hall–Kier alpha value is -3.19. The lowest BCUT2D eigenvalue weighted by atomic mass is 10.1. The van der Waals surface area contributed by atoms with E-state index < -0.39 is 5.91 Å². The maximum Gasteiger partial charge on any atom is 0.293 e. The number of rotatable bonds is 5. The number of carbonyl (C=O) groups excluding carboxylic acids is 2. The number of carbonyl (C=O) groups is 2. The molecule has 0 radical (unpaired) electrons. The lowest BCUT2D eigenvalue weighted by molar-refractivity contribution is -0.116. The summed E-state index contributed by atoms with van der Waals surface area (Å²) in [6.07, 6.45) is 0. The summed E-state index contributed by atoms with van der Waals surface area (Å²) < 4.78 is 1.57. The summed E-state index contributed by atoms with van der Waals surface area (Å²) >= 11 is 5.93. The number of nitrogens with one attached hydrogen (secondary N) is 1. The first-order chi connectivity index (χ1) is 14.2. The standard InChI is InChI=1S/C22H24ClN5O2/c1-13-10-14(2)20(15(3)11-13)25-19(29)12-27(5)22(30)21-24-16(4)28(26-21)18-8-6-17(23)7-9-18/h6-11H,12H2,1-5H3,(H,25,29). The average Bonchev–Trinajstić information content (AvgIpc) is 3.06. The molecule has 1 aromatic heterocycles. The van der Waals surface area contributed by atoms with Gasteiger partial charge in [0.15, 0.2) is 0 Å². The van der Waals surface area contributed by atoms with Gasteiger partial charge in [-0.05, 0) is 63.1 Å². The van der Waals surface area contributed by atoms with E-state index in [1.54, 1.807) is 42.9 Å². The van der Waals surface area contributed by atoms with Crippen LogP contribution in [0.1, 0.15) is 33.1 Å². The Bertz CT molecular complexity index is 1080. The van der Waals surface area contributed by atoms with Crippen LogP contribution in [0.3, 0.4) is 0 Å². The summed E-state index contributed by atoms with van der Waals surface area (Å²) in [6, 6.07) is 11.1. The molecule has 0 aliphatic heterocycles. The molecule has 2 aromatic carbocycles. The topological polar surface area (TPSA) is 80.1 Å². The Morgan fingerprint density at radius 3 is 2.27 bits per heavy atom. The lowest BCUT2D eigenvalue weighted by Crippen LogP contribution is -2.35. The highest BCUT2D eigenvalue weighted by Gasteiger charge is 2.21. The number of hydrogen-bond donors (Lipinski definition) is 1. The van der Waals surface area contributed by atoms with Crippen molar-refractivity contribution in [3.05, 3.63) is 69.8 Å². The summed E-state index contributed by atoms with van der Waals surface area (Å²) in [6.45, 7) is 7.55. The van der Waals surface area contributed by atoms with E-state index in [2.05, 4.69) is 15.4 Å². The molecule has 0 unspecified atom stereocenters. The van der Waals surface area contributed by atoms with Gasteiger partial charge in [-0.3, -0.25) is 9.59 Å². The van der Waals surface area contributed by atoms with Gasteiger partial charge < -0.3 is 10.2 Å². The van der Waals surface area contributed by atoms with E-state index in [-0.39, 0.29) is 18.3 Å². The molecule has 0 aliphatic rings. The normalized spacial score (nSPS) is 10.7. The molecule has 0 bridgehead atoms. The Balaban J connectivity index is 1.71. The first-order valence-electron chi connectivity index (χ1n) is 9.48. The molecule has 2 amide bonds. The number of hydrogen-bond acceptors (Lipinski definition) is 4. The highest BCUT2D eigenvalue weighted by atomic mass is 35.5. The molecule has 0 saturated carbocycles. The maximum absolute atomic E-state index is 12.7. The van der Waals surface area contributed by atoms with E-state index in [0.717, 1.165) is 28.1 Å². The fourth-order valence-corrected chi connectivity index (χ4v) is 3.45. The molecule has 8 heteroatoms. The first kappa shape index (κ1) is 21.5. The van der Waals surface area contributed by atoms with Crippen LogP contribution in [0.25, 0.3) is 5.69 Å². The third-order valence-corrected chi connectivity index (χ3v) is 4.95. The molecular formula is C22H24ClN5O2. The van der Waals surface area contributed by atoms with Gasteiger partial charge in [0.25, 0.3) is 5.91 Å². The molecule has 0 saturated heterocycles. The largest absolute Gasteiger partial charge is 0.330 e. The molecular weight excluding hydrogens is 402 g/mol. The quantitative estimate of drug-likeness (QED) is 0.673. The van der Waals surface area contributed by atoms with Crippen molar-refractivity contribution in [2.45, 2.75) is 27.7 Å². The van der Waals surface area contributed by atoms with Crippen molar-refractivity contribution in [3.8, 4) is 5.69 Å². The van der Waals surface area contributed by atoms with Crippen LogP contribution < -0.4 is 5.32 Å². The second-order valence-corrected chi connectivity index (χ2v) is 7.79. The van der Waals surface area contributed by atoms with E-state index in [9.17, 15) is 9.59 Å². The zero-order valence-electron chi connectivity index (χ0n) is 17.7. The van der Waals surface area contributed by atoms with Crippen molar-refractivity contribution < 1.29 is 9.59 Å². The van der Waals surface area contributed by atoms with E-state index in [1.165, 1.54) is 4.90 Å². The van der Waals surface area contributed by atoms with Crippen molar-refractivity contribution in [2.24, 2.45) is 0 Å². The van der Waals surface area contributed by atoms with Crippen LogP contribution in [-0.4, -0.2) is 45.1 Å². The Labute approximate surface area is 180 Å². The van der Waals surface area contributed by atoms with Crippen molar-refractivity contribution in [1.82, 2.24) is 19.7 Å². The number of benzene rings is 2. The number of anilines is 1. The third kappa shape index (κ3) is 4.68. The minimum absolute atomic E-state index is 0.0282. The molecule has 0 spiro atoms. The van der Waals surface area contributed by atoms with Gasteiger partial charge in [-0.2, -0.15) is 0 Å². The van der Waals surface area contributed by atoms with Gasteiger partial charge in [0, 0.05) is 17.8 Å². The molecule has 7 nitrogen and oxygen atoms in total. The van der Waals surface area contributed by atoms with Crippen molar-refractivity contribution in [2.75, 3.05) is 18.9 Å². The Morgan fingerprint density at radius 2 is 1.67 bits per heavy atom. The van der Waals surface area contributed by atoms with E-state index in [0.29, 0.717) is 10.8 Å². The minimum Gasteiger partial charge on any atom is -0.330 e. The molecule has 0 aliphatic carbocycles. The van der Waals surface area contributed by atoms with Gasteiger partial charge >= 0.3 is 0 Å². The van der Waals surface area contributed by atoms with Gasteiger partial charge in [0.05, 0.1) is 12.2 Å². The molecule has 0 fully saturated rings. The van der Waals surface area contributed by atoms with Crippen LogP contribution in [0.15, 0.2) is 36.4 Å². The van der Waals surface area contributed by atoms with Crippen LogP contribution in [0.4, 0.5) is 5.69 Å². The molecule has 1 N–H and O–H groups in total. The highest BCUT2D eigenvalue weighted by molar-refractivity contribution is 6.30. The number of halogens is 1. The van der Waals surface area contributed by atoms with Gasteiger partial charge in [0.2, 0.25) is 11.7 Å². The first-order valence-corrected chi connectivity index (χ1v) is 9.86. The predicted octanol–water partition coefficient (Wildman–Crippen LogP) is 3.87. The second kappa shape index (κ2) is 8.67. The minimum atomic E-state index is -0.432. The molecule has 0 atom stereocenters. The fourth-order valence-electron chi connectivity index (χ4n) is 3.32. The molecule has 3 rings (SSSR count). The monoisotopic (exact) mass is 425 g/mol. The van der Waals surface area contributed by atoms with Crippen molar-refractivity contribution >= 4 is 29.1 Å². The van der Waals surface area contributed by atoms with Crippen LogP contribution >= 0.6 is 11.6 Å². The van der Waals surface area contributed by atoms with Gasteiger partial charge in [-0.15, -0.1) is 5.10 Å². The van der Waals surface area contributed by atoms with Crippen LogP contribution in [0.5, 0.6) is 0 Å². The smallest absolute Gasteiger partial charge is 0.293 e. The predicted molar refractivity (Wildman–Crippen MR) is 117 cm³/mol. The van der Waals surface area contributed by atoms with Crippen LogP contribution in [0.2, 0.25) is 5.02 Å². The number of amides is 2. The summed E-state index contributed by atoms with van der Waals surface area (Å²) in [5.41, 5.74) is 4.61.